The van der Waals surface area contributed by atoms with E-state index in [4.69, 9.17) is 0 Å². The monoisotopic (exact) mass is 314 g/mol. The molecule has 1 aromatic rings. The van der Waals surface area contributed by atoms with Crippen molar-refractivity contribution in [1.82, 2.24) is 19.8 Å². The standard InChI is InChI=1S/C14H26N4O2S/c1-3-7-15-8-4-9-18-11-13(10-16-18)21(19,20)17-12-14(2)5-6-14/h10-11,15,17H,3-9,12H2,1-2H3. The molecule has 0 bridgehead atoms. The maximum atomic E-state index is 12.2. The molecule has 1 heterocycles. The number of nitrogens with zero attached hydrogens (tertiary/aromatic N) is 2. The Morgan fingerprint density at radius 2 is 2.14 bits per heavy atom. The summed E-state index contributed by atoms with van der Waals surface area (Å²) in [4.78, 5) is 0.258. The molecule has 1 aromatic heterocycles. The van der Waals surface area contributed by atoms with E-state index < -0.39 is 10.0 Å². The first kappa shape index (κ1) is 16.5. The molecule has 0 saturated heterocycles. The van der Waals surface area contributed by atoms with E-state index in [0.717, 1.165) is 45.3 Å². The fraction of sp³-hybridized carbons (Fsp3) is 0.786. The average molecular weight is 314 g/mol. The number of aryl methyl sites for hydroxylation is 1. The maximum Gasteiger partial charge on any atom is 0.243 e. The lowest BCUT2D eigenvalue weighted by molar-refractivity contribution is 0.529. The van der Waals surface area contributed by atoms with Crippen molar-refractivity contribution in [3.8, 4) is 0 Å². The Morgan fingerprint density at radius 1 is 1.38 bits per heavy atom. The van der Waals surface area contributed by atoms with Gasteiger partial charge in [0, 0.05) is 19.3 Å². The largest absolute Gasteiger partial charge is 0.317 e. The lowest BCUT2D eigenvalue weighted by Crippen LogP contribution is -2.28. The van der Waals surface area contributed by atoms with Crippen LogP contribution in [-0.4, -0.2) is 37.8 Å². The average Bonchev–Trinajstić information content (AvgIpc) is 3.00. The van der Waals surface area contributed by atoms with Crippen LogP contribution in [-0.2, 0) is 16.6 Å². The molecular weight excluding hydrogens is 288 g/mol. The molecule has 7 heteroatoms. The Kier molecular flexibility index (Phi) is 5.40. The number of hydrogen-bond donors (Lipinski definition) is 2. The summed E-state index contributed by atoms with van der Waals surface area (Å²) in [6.07, 6.45) is 7.29. The number of sulfonamides is 1. The zero-order valence-electron chi connectivity index (χ0n) is 12.9. The van der Waals surface area contributed by atoms with Crippen LogP contribution in [0.1, 0.15) is 39.5 Å². The van der Waals surface area contributed by atoms with E-state index in [0.29, 0.717) is 6.54 Å². The summed E-state index contributed by atoms with van der Waals surface area (Å²) in [6, 6.07) is 0. The molecule has 0 unspecified atom stereocenters. The fourth-order valence-corrected chi connectivity index (χ4v) is 3.17. The third-order valence-electron chi connectivity index (χ3n) is 3.88. The zero-order valence-corrected chi connectivity index (χ0v) is 13.7. The molecule has 1 aliphatic rings. The van der Waals surface area contributed by atoms with Crippen LogP contribution in [0.3, 0.4) is 0 Å². The Bertz CT molecular complexity index is 549. The van der Waals surface area contributed by atoms with Crippen molar-refractivity contribution in [2.24, 2.45) is 5.41 Å². The topological polar surface area (TPSA) is 76.0 Å². The molecule has 6 nitrogen and oxygen atoms in total. The number of rotatable bonds is 10. The molecule has 0 aliphatic heterocycles. The van der Waals surface area contributed by atoms with Gasteiger partial charge in [0.2, 0.25) is 10.0 Å². The molecule has 0 spiro atoms. The van der Waals surface area contributed by atoms with Crippen molar-refractivity contribution in [2.45, 2.75) is 51.0 Å². The van der Waals surface area contributed by atoms with E-state index in [1.807, 2.05) is 0 Å². The molecule has 0 amide bonds. The van der Waals surface area contributed by atoms with Crippen LogP contribution in [0.5, 0.6) is 0 Å². The first-order valence-electron chi connectivity index (χ1n) is 7.68. The van der Waals surface area contributed by atoms with Gasteiger partial charge in [-0.2, -0.15) is 5.10 Å². The minimum atomic E-state index is -3.42. The number of nitrogens with one attached hydrogen (secondary N) is 2. The van der Waals surface area contributed by atoms with E-state index >= 15 is 0 Å². The fourth-order valence-electron chi connectivity index (χ4n) is 2.02. The van der Waals surface area contributed by atoms with E-state index in [2.05, 4.69) is 29.0 Å². The molecule has 1 aliphatic carbocycles. The molecular formula is C14H26N4O2S. The van der Waals surface area contributed by atoms with Gasteiger partial charge in [-0.25, -0.2) is 13.1 Å². The van der Waals surface area contributed by atoms with Gasteiger partial charge in [0.25, 0.3) is 0 Å². The summed E-state index contributed by atoms with van der Waals surface area (Å²) >= 11 is 0. The molecule has 2 N–H and O–H groups in total. The molecule has 120 valence electrons. The highest BCUT2D eigenvalue weighted by Crippen LogP contribution is 2.44. The van der Waals surface area contributed by atoms with Crippen molar-refractivity contribution in [3.63, 3.8) is 0 Å². The van der Waals surface area contributed by atoms with Gasteiger partial charge in [0.15, 0.2) is 0 Å². The van der Waals surface area contributed by atoms with E-state index in [1.54, 1.807) is 10.9 Å². The second kappa shape index (κ2) is 6.89. The van der Waals surface area contributed by atoms with Gasteiger partial charge >= 0.3 is 0 Å². The normalized spacial score (nSPS) is 17.0. The first-order chi connectivity index (χ1) is 9.95. The smallest absolute Gasteiger partial charge is 0.243 e. The second-order valence-electron chi connectivity index (χ2n) is 6.18. The summed E-state index contributed by atoms with van der Waals surface area (Å²) in [5, 5.41) is 7.44. The Hall–Kier alpha value is -0.920. The van der Waals surface area contributed by atoms with Gasteiger partial charge in [-0.1, -0.05) is 13.8 Å². The first-order valence-corrected chi connectivity index (χ1v) is 9.16. The Labute approximate surface area is 127 Å². The third kappa shape index (κ3) is 5.09. The summed E-state index contributed by atoms with van der Waals surface area (Å²) in [7, 11) is -3.42. The van der Waals surface area contributed by atoms with E-state index in [1.165, 1.54) is 6.20 Å². The van der Waals surface area contributed by atoms with E-state index in [-0.39, 0.29) is 10.3 Å². The molecule has 1 fully saturated rings. The highest BCUT2D eigenvalue weighted by molar-refractivity contribution is 7.89. The maximum absolute atomic E-state index is 12.2. The number of aromatic nitrogens is 2. The van der Waals surface area contributed by atoms with Crippen molar-refractivity contribution < 1.29 is 8.42 Å². The quantitative estimate of drug-likeness (QED) is 0.639. The molecule has 1 saturated carbocycles. The summed E-state index contributed by atoms with van der Waals surface area (Å²) in [5.74, 6) is 0. The summed E-state index contributed by atoms with van der Waals surface area (Å²) in [5.41, 5.74) is 0.161. The highest BCUT2D eigenvalue weighted by atomic mass is 32.2. The molecule has 0 atom stereocenters. The molecule has 0 aromatic carbocycles. The molecule has 21 heavy (non-hydrogen) atoms. The van der Waals surface area contributed by atoms with Crippen LogP contribution in [0.15, 0.2) is 17.3 Å². The Morgan fingerprint density at radius 3 is 2.81 bits per heavy atom. The van der Waals surface area contributed by atoms with Gasteiger partial charge in [0.1, 0.15) is 4.90 Å². The predicted molar refractivity (Wildman–Crippen MR) is 82.5 cm³/mol. The van der Waals surface area contributed by atoms with Gasteiger partial charge < -0.3 is 5.32 Å². The molecule has 0 radical (unpaired) electrons. The van der Waals surface area contributed by atoms with Gasteiger partial charge in [0.05, 0.1) is 6.20 Å². The molecule has 2 rings (SSSR count). The second-order valence-corrected chi connectivity index (χ2v) is 7.94. The van der Waals surface area contributed by atoms with Crippen LogP contribution >= 0.6 is 0 Å². The van der Waals surface area contributed by atoms with Crippen molar-refractivity contribution in [2.75, 3.05) is 19.6 Å². The Balaban J connectivity index is 1.80. The van der Waals surface area contributed by atoms with Gasteiger partial charge in [-0.15, -0.1) is 0 Å². The van der Waals surface area contributed by atoms with Gasteiger partial charge in [-0.05, 0) is 44.2 Å². The summed E-state index contributed by atoms with van der Waals surface area (Å²) in [6.45, 7) is 7.41. The summed E-state index contributed by atoms with van der Waals surface area (Å²) < 4.78 is 28.7. The van der Waals surface area contributed by atoms with Crippen molar-refractivity contribution >= 4 is 10.0 Å². The third-order valence-corrected chi connectivity index (χ3v) is 5.24. The SMILES string of the molecule is CCCNCCCn1cc(S(=O)(=O)NCC2(C)CC2)cn1. The zero-order chi connectivity index (χ0) is 15.3. The van der Waals surface area contributed by atoms with E-state index in [9.17, 15) is 8.42 Å². The minimum absolute atomic E-state index is 0.161. The lowest BCUT2D eigenvalue weighted by Gasteiger charge is -2.09. The van der Waals surface area contributed by atoms with Crippen LogP contribution < -0.4 is 10.0 Å². The van der Waals surface area contributed by atoms with Crippen LogP contribution in [0.4, 0.5) is 0 Å². The number of hydrogen-bond acceptors (Lipinski definition) is 4. The van der Waals surface area contributed by atoms with Gasteiger partial charge in [-0.3, -0.25) is 4.68 Å². The minimum Gasteiger partial charge on any atom is -0.317 e. The van der Waals surface area contributed by atoms with Crippen LogP contribution in [0.25, 0.3) is 0 Å². The lowest BCUT2D eigenvalue weighted by atomic mass is 10.2. The predicted octanol–water partition coefficient (Wildman–Crippen LogP) is 1.35. The van der Waals surface area contributed by atoms with Crippen LogP contribution in [0, 0.1) is 5.41 Å². The van der Waals surface area contributed by atoms with Crippen molar-refractivity contribution in [3.05, 3.63) is 12.4 Å². The highest BCUT2D eigenvalue weighted by Gasteiger charge is 2.38. The van der Waals surface area contributed by atoms with Crippen molar-refractivity contribution in [1.29, 1.82) is 0 Å². The van der Waals surface area contributed by atoms with Crippen LogP contribution in [0.2, 0.25) is 0 Å².